The van der Waals surface area contributed by atoms with Gasteiger partial charge in [-0.2, -0.15) is 4.98 Å². The number of anilines is 1. The van der Waals surface area contributed by atoms with Crippen molar-refractivity contribution in [3.63, 3.8) is 0 Å². The van der Waals surface area contributed by atoms with Crippen LogP contribution >= 0.6 is 11.8 Å². The molecule has 0 fully saturated rings. The van der Waals surface area contributed by atoms with Crippen LogP contribution in [0, 0.1) is 6.92 Å². The van der Waals surface area contributed by atoms with Gasteiger partial charge in [-0.25, -0.2) is 0 Å². The minimum atomic E-state index is -0.104. The molecule has 6 heteroatoms. The number of rotatable bonds is 5. The molecule has 26 heavy (non-hydrogen) atoms. The van der Waals surface area contributed by atoms with Crippen molar-refractivity contribution in [2.75, 3.05) is 5.32 Å². The van der Waals surface area contributed by atoms with E-state index in [4.69, 9.17) is 4.52 Å². The first-order chi connectivity index (χ1) is 12.7. The maximum absolute atomic E-state index is 12.8. The van der Waals surface area contributed by atoms with Crippen LogP contribution in [0.1, 0.15) is 39.6 Å². The number of amides is 1. The molecule has 0 atom stereocenters. The van der Waals surface area contributed by atoms with Crippen LogP contribution in [0.2, 0.25) is 0 Å². The summed E-state index contributed by atoms with van der Waals surface area (Å²) in [6, 6.07) is 13.8. The van der Waals surface area contributed by atoms with E-state index >= 15 is 0 Å². The van der Waals surface area contributed by atoms with Gasteiger partial charge in [0.2, 0.25) is 5.89 Å². The van der Waals surface area contributed by atoms with E-state index in [1.165, 1.54) is 29.3 Å². The fraction of sp³-hybridized carbons (Fsp3) is 0.250. The molecule has 1 aliphatic rings. The molecule has 0 radical (unpaired) electrons. The SMILES string of the molecule is Cc1noc(CSc2ccccc2C(=O)Nc2ccc3c(c2)CCC3)n1. The summed E-state index contributed by atoms with van der Waals surface area (Å²) in [6.45, 7) is 1.79. The number of thioether (sulfide) groups is 1. The van der Waals surface area contributed by atoms with E-state index in [-0.39, 0.29) is 5.91 Å². The summed E-state index contributed by atoms with van der Waals surface area (Å²) in [5.74, 6) is 1.60. The van der Waals surface area contributed by atoms with E-state index in [0.29, 0.717) is 23.0 Å². The third-order valence-electron chi connectivity index (χ3n) is 4.41. The Balaban J connectivity index is 1.49. The molecule has 2 aromatic carbocycles. The second-order valence-corrected chi connectivity index (χ2v) is 7.33. The lowest BCUT2D eigenvalue weighted by Crippen LogP contribution is -2.13. The van der Waals surface area contributed by atoms with E-state index in [2.05, 4.69) is 27.6 Å². The Hall–Kier alpha value is -2.60. The molecule has 1 aliphatic carbocycles. The number of nitrogens with zero attached hydrogens (tertiary/aromatic N) is 2. The Morgan fingerprint density at radius 2 is 2.04 bits per heavy atom. The van der Waals surface area contributed by atoms with Gasteiger partial charge in [0, 0.05) is 10.6 Å². The third kappa shape index (κ3) is 3.65. The minimum absolute atomic E-state index is 0.104. The van der Waals surface area contributed by atoms with Gasteiger partial charge in [-0.15, -0.1) is 11.8 Å². The number of carbonyl (C=O) groups excluding carboxylic acids is 1. The van der Waals surface area contributed by atoms with Crippen LogP contribution in [0.4, 0.5) is 5.69 Å². The summed E-state index contributed by atoms with van der Waals surface area (Å²) in [7, 11) is 0. The van der Waals surface area contributed by atoms with Crippen LogP contribution < -0.4 is 5.32 Å². The smallest absolute Gasteiger partial charge is 0.256 e. The predicted octanol–water partition coefficient (Wildman–Crippen LogP) is 4.41. The highest BCUT2D eigenvalue weighted by molar-refractivity contribution is 7.98. The first kappa shape index (κ1) is 16.8. The molecule has 1 amide bonds. The quantitative estimate of drug-likeness (QED) is 0.678. The van der Waals surface area contributed by atoms with Crippen molar-refractivity contribution in [1.29, 1.82) is 0 Å². The van der Waals surface area contributed by atoms with Crippen LogP contribution in [-0.2, 0) is 18.6 Å². The molecule has 132 valence electrons. The molecule has 0 saturated heterocycles. The zero-order valence-electron chi connectivity index (χ0n) is 14.5. The Morgan fingerprint density at radius 1 is 1.19 bits per heavy atom. The molecular formula is C20H19N3O2S. The molecule has 3 aromatic rings. The predicted molar refractivity (Wildman–Crippen MR) is 101 cm³/mol. The van der Waals surface area contributed by atoms with Crippen molar-refractivity contribution in [3.8, 4) is 0 Å². The van der Waals surface area contributed by atoms with Crippen molar-refractivity contribution >= 4 is 23.4 Å². The normalized spacial score (nSPS) is 12.8. The van der Waals surface area contributed by atoms with Gasteiger partial charge in [0.05, 0.1) is 11.3 Å². The highest BCUT2D eigenvalue weighted by Crippen LogP contribution is 2.28. The standard InChI is InChI=1S/C20H19N3O2S/c1-13-21-19(25-23-13)12-26-18-8-3-2-7-17(18)20(24)22-16-10-9-14-5-4-6-15(14)11-16/h2-3,7-11H,4-6,12H2,1H3,(H,22,24). The molecule has 0 unspecified atom stereocenters. The number of hydrogen-bond acceptors (Lipinski definition) is 5. The van der Waals surface area contributed by atoms with Gasteiger partial charge in [-0.05, 0) is 61.6 Å². The summed E-state index contributed by atoms with van der Waals surface area (Å²) in [5, 5.41) is 6.82. The summed E-state index contributed by atoms with van der Waals surface area (Å²) < 4.78 is 5.14. The largest absolute Gasteiger partial charge is 0.338 e. The minimum Gasteiger partial charge on any atom is -0.338 e. The Kier molecular flexibility index (Phi) is 4.75. The summed E-state index contributed by atoms with van der Waals surface area (Å²) >= 11 is 1.52. The lowest BCUT2D eigenvalue weighted by atomic mass is 10.1. The fourth-order valence-corrected chi connectivity index (χ4v) is 4.05. The third-order valence-corrected chi connectivity index (χ3v) is 5.47. The topological polar surface area (TPSA) is 68.0 Å². The van der Waals surface area contributed by atoms with E-state index in [1.807, 2.05) is 30.3 Å². The second-order valence-electron chi connectivity index (χ2n) is 6.31. The van der Waals surface area contributed by atoms with Crippen molar-refractivity contribution in [1.82, 2.24) is 10.1 Å². The highest BCUT2D eigenvalue weighted by Gasteiger charge is 2.15. The van der Waals surface area contributed by atoms with Crippen LogP contribution in [0.25, 0.3) is 0 Å². The Morgan fingerprint density at radius 3 is 2.88 bits per heavy atom. The van der Waals surface area contributed by atoms with E-state index < -0.39 is 0 Å². The fourth-order valence-electron chi connectivity index (χ4n) is 3.17. The van der Waals surface area contributed by atoms with Crippen LogP contribution in [-0.4, -0.2) is 16.0 Å². The molecule has 1 heterocycles. The van der Waals surface area contributed by atoms with Gasteiger partial charge < -0.3 is 9.84 Å². The Bertz CT molecular complexity index is 952. The average molecular weight is 365 g/mol. The van der Waals surface area contributed by atoms with Crippen LogP contribution in [0.3, 0.4) is 0 Å². The van der Waals surface area contributed by atoms with E-state index in [9.17, 15) is 4.79 Å². The molecule has 4 rings (SSSR count). The number of hydrogen-bond donors (Lipinski definition) is 1. The van der Waals surface area contributed by atoms with Gasteiger partial charge >= 0.3 is 0 Å². The van der Waals surface area contributed by atoms with E-state index in [1.54, 1.807) is 6.92 Å². The Labute approximate surface area is 156 Å². The number of aryl methyl sites for hydroxylation is 3. The first-order valence-electron chi connectivity index (χ1n) is 8.63. The molecule has 0 spiro atoms. The maximum atomic E-state index is 12.8. The van der Waals surface area contributed by atoms with Gasteiger partial charge in [-0.3, -0.25) is 4.79 Å². The van der Waals surface area contributed by atoms with Gasteiger partial charge in [0.15, 0.2) is 5.82 Å². The lowest BCUT2D eigenvalue weighted by Gasteiger charge is -2.10. The zero-order valence-corrected chi connectivity index (χ0v) is 15.3. The molecule has 1 aromatic heterocycles. The van der Waals surface area contributed by atoms with Crippen LogP contribution in [0.15, 0.2) is 51.9 Å². The van der Waals surface area contributed by atoms with Crippen molar-refractivity contribution in [2.45, 2.75) is 36.8 Å². The van der Waals surface area contributed by atoms with Crippen molar-refractivity contribution in [3.05, 3.63) is 70.9 Å². The van der Waals surface area contributed by atoms with Crippen LogP contribution in [0.5, 0.6) is 0 Å². The molecular weight excluding hydrogens is 346 g/mol. The summed E-state index contributed by atoms with van der Waals surface area (Å²) in [5.41, 5.74) is 4.24. The summed E-state index contributed by atoms with van der Waals surface area (Å²) in [6.07, 6.45) is 3.43. The number of fused-ring (bicyclic) bond motifs is 1. The monoisotopic (exact) mass is 365 g/mol. The molecule has 0 saturated carbocycles. The summed E-state index contributed by atoms with van der Waals surface area (Å²) in [4.78, 5) is 17.9. The molecule has 0 aliphatic heterocycles. The number of nitrogens with one attached hydrogen (secondary N) is 1. The lowest BCUT2D eigenvalue weighted by molar-refractivity contribution is 0.102. The van der Waals surface area contributed by atoms with Gasteiger partial charge in [-0.1, -0.05) is 23.4 Å². The second kappa shape index (κ2) is 7.33. The molecule has 5 nitrogen and oxygen atoms in total. The molecule has 0 bridgehead atoms. The highest BCUT2D eigenvalue weighted by atomic mass is 32.2. The maximum Gasteiger partial charge on any atom is 0.256 e. The number of benzene rings is 2. The van der Waals surface area contributed by atoms with Gasteiger partial charge in [0.1, 0.15) is 0 Å². The van der Waals surface area contributed by atoms with E-state index in [0.717, 1.165) is 23.4 Å². The first-order valence-corrected chi connectivity index (χ1v) is 9.62. The van der Waals surface area contributed by atoms with Crippen molar-refractivity contribution in [2.24, 2.45) is 0 Å². The van der Waals surface area contributed by atoms with Crippen molar-refractivity contribution < 1.29 is 9.32 Å². The zero-order chi connectivity index (χ0) is 17.9. The number of carbonyl (C=O) groups is 1. The molecule has 1 N–H and O–H groups in total. The van der Waals surface area contributed by atoms with Gasteiger partial charge in [0.25, 0.3) is 5.91 Å². The average Bonchev–Trinajstić information content (AvgIpc) is 3.28. The number of aromatic nitrogens is 2.